The van der Waals surface area contributed by atoms with Crippen LogP contribution in [0.1, 0.15) is 23.2 Å². The Morgan fingerprint density at radius 3 is 2.53 bits per heavy atom. The summed E-state index contributed by atoms with van der Waals surface area (Å²) in [5.41, 5.74) is 1.30. The summed E-state index contributed by atoms with van der Waals surface area (Å²) in [6.07, 6.45) is 1.82. The molecule has 2 aromatic rings. The van der Waals surface area contributed by atoms with Gasteiger partial charge in [-0.3, -0.25) is 9.69 Å². The second kappa shape index (κ2) is 7.63. The summed E-state index contributed by atoms with van der Waals surface area (Å²) in [6.45, 7) is 3.04. The van der Waals surface area contributed by atoms with Crippen molar-refractivity contribution in [1.29, 1.82) is 0 Å². The fraction of sp³-hybridized carbons (Fsp3) is 0.435. The monoisotopic (exact) mass is 414 g/mol. The molecule has 0 spiro atoms. The molecule has 2 fully saturated rings. The Hall–Kier alpha value is -2.51. The minimum atomic E-state index is -0.642. The maximum atomic E-state index is 14.3. The van der Waals surface area contributed by atoms with Crippen LogP contribution in [0.25, 0.3) is 11.1 Å². The zero-order valence-corrected chi connectivity index (χ0v) is 16.8. The Bertz CT molecular complexity index is 977. The van der Waals surface area contributed by atoms with Crippen molar-refractivity contribution in [3.05, 3.63) is 53.6 Å². The van der Waals surface area contributed by atoms with Gasteiger partial charge in [0.2, 0.25) is 0 Å². The van der Waals surface area contributed by atoms with Crippen LogP contribution in [0.5, 0.6) is 5.75 Å². The molecule has 158 valence electrons. The summed E-state index contributed by atoms with van der Waals surface area (Å²) < 4.78 is 39.4. The topological polar surface area (TPSA) is 42.0 Å². The van der Waals surface area contributed by atoms with E-state index in [-0.39, 0.29) is 23.6 Å². The molecule has 0 unspecified atom stereocenters. The van der Waals surface area contributed by atoms with Gasteiger partial charge in [-0.1, -0.05) is 6.07 Å². The van der Waals surface area contributed by atoms with Crippen LogP contribution >= 0.6 is 0 Å². The van der Waals surface area contributed by atoms with Crippen molar-refractivity contribution in [3.63, 3.8) is 0 Å². The second-order valence-electron chi connectivity index (χ2n) is 8.27. The van der Waals surface area contributed by atoms with Crippen LogP contribution in [0.3, 0.4) is 0 Å². The fourth-order valence-corrected chi connectivity index (χ4v) is 4.81. The standard InChI is InChI=1S/C23H24F2N2O3/c1-26-20-12-27(16-6-8-29-9-7-16)13-22(20)30-21-10-14(2-4-18(21)23(26)28)17-5-3-15(24)11-19(17)25/h2-5,10-11,16,20,22H,6-9,12-13H2,1H3/t20-,22+/m1/s1. The van der Waals surface area contributed by atoms with Gasteiger partial charge in [-0.2, -0.15) is 0 Å². The Balaban J connectivity index is 1.46. The average Bonchev–Trinajstić information content (AvgIpc) is 3.13. The van der Waals surface area contributed by atoms with Crippen molar-refractivity contribution < 1.29 is 23.0 Å². The number of halogens is 2. The van der Waals surface area contributed by atoms with Gasteiger partial charge < -0.3 is 14.4 Å². The van der Waals surface area contributed by atoms with E-state index < -0.39 is 11.6 Å². The summed E-state index contributed by atoms with van der Waals surface area (Å²) in [5.74, 6) is -0.913. The zero-order valence-electron chi connectivity index (χ0n) is 16.8. The molecule has 7 heteroatoms. The molecule has 2 saturated heterocycles. The zero-order chi connectivity index (χ0) is 20.8. The van der Waals surface area contributed by atoms with Crippen molar-refractivity contribution in [2.24, 2.45) is 0 Å². The minimum absolute atomic E-state index is 0.0428. The Labute approximate surface area is 174 Å². The normalized spacial score (nSPS) is 24.9. The van der Waals surface area contributed by atoms with Crippen LogP contribution in [-0.2, 0) is 4.74 Å². The van der Waals surface area contributed by atoms with Crippen molar-refractivity contribution in [3.8, 4) is 16.9 Å². The van der Waals surface area contributed by atoms with Gasteiger partial charge in [-0.25, -0.2) is 8.78 Å². The molecule has 5 nitrogen and oxygen atoms in total. The third-order valence-corrected chi connectivity index (χ3v) is 6.52. The lowest BCUT2D eigenvalue weighted by atomic mass is 10.0. The third-order valence-electron chi connectivity index (χ3n) is 6.52. The highest BCUT2D eigenvalue weighted by Gasteiger charge is 2.44. The molecule has 1 amide bonds. The molecule has 3 heterocycles. The first-order chi connectivity index (χ1) is 14.5. The molecule has 3 aliphatic rings. The van der Waals surface area contributed by atoms with E-state index in [1.54, 1.807) is 23.1 Å². The third kappa shape index (κ3) is 3.36. The maximum Gasteiger partial charge on any atom is 0.257 e. The molecule has 0 aromatic heterocycles. The van der Waals surface area contributed by atoms with E-state index in [0.29, 0.717) is 22.9 Å². The molecule has 30 heavy (non-hydrogen) atoms. The number of nitrogens with zero attached hydrogens (tertiary/aromatic N) is 2. The fourth-order valence-electron chi connectivity index (χ4n) is 4.81. The summed E-state index contributed by atoms with van der Waals surface area (Å²) >= 11 is 0. The van der Waals surface area contributed by atoms with E-state index >= 15 is 0 Å². The summed E-state index contributed by atoms with van der Waals surface area (Å²) in [5, 5.41) is 0. The minimum Gasteiger partial charge on any atom is -0.486 e. The molecule has 2 aromatic carbocycles. The van der Waals surface area contributed by atoms with Gasteiger partial charge in [0.05, 0.1) is 11.6 Å². The van der Waals surface area contributed by atoms with Crippen molar-refractivity contribution in [2.75, 3.05) is 33.4 Å². The first-order valence-corrected chi connectivity index (χ1v) is 10.4. The molecule has 5 rings (SSSR count). The lowest BCUT2D eigenvalue weighted by molar-refractivity contribution is 0.0379. The lowest BCUT2D eigenvalue weighted by Gasteiger charge is -2.31. The van der Waals surface area contributed by atoms with Gasteiger partial charge in [-0.15, -0.1) is 0 Å². The highest BCUT2D eigenvalue weighted by Crippen LogP contribution is 2.36. The molecule has 0 saturated carbocycles. The van der Waals surface area contributed by atoms with Crippen molar-refractivity contribution in [2.45, 2.75) is 31.0 Å². The number of hydrogen-bond acceptors (Lipinski definition) is 4. The number of carbonyl (C=O) groups excluding carboxylic acids is 1. The SMILES string of the molecule is CN1C(=O)c2ccc(-c3ccc(F)cc3F)cc2O[C@H]2CN(C3CCOCC3)C[C@H]21. The molecular formula is C23H24F2N2O3. The number of amides is 1. The largest absolute Gasteiger partial charge is 0.486 e. The Kier molecular flexibility index (Phi) is 4.95. The quantitative estimate of drug-likeness (QED) is 0.756. The molecule has 0 aliphatic carbocycles. The van der Waals surface area contributed by atoms with E-state index in [1.165, 1.54) is 12.1 Å². The molecular weight excluding hydrogens is 390 g/mol. The van der Waals surface area contributed by atoms with Crippen molar-refractivity contribution >= 4 is 5.91 Å². The van der Waals surface area contributed by atoms with Gasteiger partial charge in [0.15, 0.2) is 0 Å². The Morgan fingerprint density at radius 2 is 1.77 bits per heavy atom. The van der Waals surface area contributed by atoms with E-state index in [1.807, 2.05) is 7.05 Å². The average molecular weight is 414 g/mol. The van der Waals surface area contributed by atoms with E-state index in [0.717, 1.165) is 45.2 Å². The van der Waals surface area contributed by atoms with Gasteiger partial charge in [-0.05, 0) is 42.7 Å². The van der Waals surface area contributed by atoms with Crippen LogP contribution < -0.4 is 4.74 Å². The first kappa shape index (κ1) is 19.5. The van der Waals surface area contributed by atoms with E-state index in [4.69, 9.17) is 9.47 Å². The predicted octanol–water partition coefficient (Wildman–Crippen LogP) is 3.33. The summed E-state index contributed by atoms with van der Waals surface area (Å²) in [4.78, 5) is 17.3. The van der Waals surface area contributed by atoms with Gasteiger partial charge in [0, 0.05) is 51.0 Å². The van der Waals surface area contributed by atoms with Crippen molar-refractivity contribution in [1.82, 2.24) is 9.80 Å². The number of fused-ring (bicyclic) bond motifs is 2. The highest BCUT2D eigenvalue weighted by molar-refractivity contribution is 5.98. The number of ether oxygens (including phenoxy) is 2. The number of benzene rings is 2. The first-order valence-electron chi connectivity index (χ1n) is 10.4. The molecule has 0 N–H and O–H groups in total. The van der Waals surface area contributed by atoms with Crippen LogP contribution in [-0.4, -0.2) is 67.2 Å². The highest BCUT2D eigenvalue weighted by atomic mass is 19.1. The maximum absolute atomic E-state index is 14.3. The summed E-state index contributed by atoms with van der Waals surface area (Å²) in [6, 6.07) is 8.93. The number of hydrogen-bond donors (Lipinski definition) is 0. The number of carbonyl (C=O) groups is 1. The molecule has 2 atom stereocenters. The van der Waals surface area contributed by atoms with Gasteiger partial charge in [0.1, 0.15) is 23.5 Å². The van der Waals surface area contributed by atoms with Crippen LogP contribution in [0.2, 0.25) is 0 Å². The van der Waals surface area contributed by atoms with Crippen LogP contribution in [0.15, 0.2) is 36.4 Å². The lowest BCUT2D eigenvalue weighted by Crippen LogP contribution is -2.44. The second-order valence-corrected chi connectivity index (χ2v) is 8.27. The summed E-state index contributed by atoms with van der Waals surface area (Å²) in [7, 11) is 1.82. The molecule has 0 bridgehead atoms. The van der Waals surface area contributed by atoms with Crippen LogP contribution in [0, 0.1) is 11.6 Å². The molecule has 3 aliphatic heterocycles. The van der Waals surface area contributed by atoms with Crippen LogP contribution in [0.4, 0.5) is 8.78 Å². The number of rotatable bonds is 2. The van der Waals surface area contributed by atoms with E-state index in [9.17, 15) is 13.6 Å². The number of likely N-dealkylation sites (tertiary alicyclic amines) is 1. The molecule has 0 radical (unpaired) electrons. The smallest absolute Gasteiger partial charge is 0.257 e. The predicted molar refractivity (Wildman–Crippen MR) is 108 cm³/mol. The Morgan fingerprint density at radius 1 is 1.00 bits per heavy atom. The van der Waals surface area contributed by atoms with Gasteiger partial charge >= 0.3 is 0 Å². The van der Waals surface area contributed by atoms with Gasteiger partial charge in [0.25, 0.3) is 5.91 Å². The number of likely N-dealkylation sites (N-methyl/N-ethyl adjacent to an activating group) is 1. The van der Waals surface area contributed by atoms with E-state index in [2.05, 4.69) is 4.90 Å².